The second kappa shape index (κ2) is 5.43. The molecule has 0 spiro atoms. The molecule has 1 aromatic rings. The zero-order chi connectivity index (χ0) is 12.2. The molecule has 0 aliphatic carbocycles. The molecule has 4 nitrogen and oxygen atoms in total. The van der Waals surface area contributed by atoms with Crippen LogP contribution in [0, 0.1) is 5.41 Å². The van der Waals surface area contributed by atoms with Gasteiger partial charge in [0.15, 0.2) is 0 Å². The summed E-state index contributed by atoms with van der Waals surface area (Å²) in [6.45, 7) is 12.9. The molecule has 92 valence electrons. The first-order valence-corrected chi connectivity index (χ1v) is 6.09. The molecule has 1 heterocycles. The SMILES string of the molecule is CCNC(Cc1ncnn1CC)C(C)(C)C. The molecule has 1 atom stereocenters. The number of nitrogens with zero attached hydrogens (tertiary/aromatic N) is 3. The van der Waals surface area contributed by atoms with Gasteiger partial charge >= 0.3 is 0 Å². The number of nitrogens with one attached hydrogen (secondary N) is 1. The van der Waals surface area contributed by atoms with Crippen molar-refractivity contribution in [1.82, 2.24) is 20.1 Å². The van der Waals surface area contributed by atoms with Gasteiger partial charge in [0.1, 0.15) is 12.2 Å². The summed E-state index contributed by atoms with van der Waals surface area (Å²) in [4.78, 5) is 4.33. The second-order valence-corrected chi connectivity index (χ2v) is 5.17. The highest BCUT2D eigenvalue weighted by molar-refractivity contribution is 4.94. The highest BCUT2D eigenvalue weighted by atomic mass is 15.3. The van der Waals surface area contributed by atoms with Crippen LogP contribution in [0.5, 0.6) is 0 Å². The monoisotopic (exact) mass is 224 g/mol. The smallest absolute Gasteiger partial charge is 0.138 e. The molecule has 0 aromatic carbocycles. The van der Waals surface area contributed by atoms with Crippen LogP contribution >= 0.6 is 0 Å². The van der Waals surface area contributed by atoms with E-state index in [1.807, 2.05) is 4.68 Å². The highest BCUT2D eigenvalue weighted by Crippen LogP contribution is 2.21. The van der Waals surface area contributed by atoms with Crippen molar-refractivity contribution in [3.05, 3.63) is 12.2 Å². The number of aromatic nitrogens is 3. The van der Waals surface area contributed by atoms with Crippen molar-refractivity contribution in [1.29, 1.82) is 0 Å². The topological polar surface area (TPSA) is 42.7 Å². The summed E-state index contributed by atoms with van der Waals surface area (Å²) >= 11 is 0. The van der Waals surface area contributed by atoms with Crippen molar-refractivity contribution in [2.45, 2.75) is 53.6 Å². The molecule has 0 bridgehead atoms. The number of hydrogen-bond acceptors (Lipinski definition) is 3. The number of likely N-dealkylation sites (N-methyl/N-ethyl adjacent to an activating group) is 1. The fourth-order valence-corrected chi connectivity index (χ4v) is 1.82. The largest absolute Gasteiger partial charge is 0.313 e. The fourth-order valence-electron chi connectivity index (χ4n) is 1.82. The van der Waals surface area contributed by atoms with E-state index in [1.165, 1.54) is 0 Å². The van der Waals surface area contributed by atoms with Gasteiger partial charge in [-0.15, -0.1) is 0 Å². The van der Waals surface area contributed by atoms with Crippen LogP contribution in [-0.4, -0.2) is 27.4 Å². The average molecular weight is 224 g/mol. The molecule has 1 unspecified atom stereocenters. The van der Waals surface area contributed by atoms with Gasteiger partial charge in [0, 0.05) is 19.0 Å². The van der Waals surface area contributed by atoms with Gasteiger partial charge in [-0.3, -0.25) is 4.68 Å². The van der Waals surface area contributed by atoms with Gasteiger partial charge in [0.05, 0.1) is 0 Å². The van der Waals surface area contributed by atoms with E-state index in [0.717, 1.165) is 25.3 Å². The van der Waals surface area contributed by atoms with Crippen LogP contribution in [-0.2, 0) is 13.0 Å². The van der Waals surface area contributed by atoms with Crippen molar-refractivity contribution < 1.29 is 0 Å². The lowest BCUT2D eigenvalue weighted by Gasteiger charge is -2.31. The standard InChI is InChI=1S/C12H24N4/c1-6-13-10(12(3,4)5)8-11-14-9-15-16(11)7-2/h9-10,13H,6-8H2,1-5H3. The lowest BCUT2D eigenvalue weighted by molar-refractivity contribution is 0.264. The van der Waals surface area contributed by atoms with E-state index >= 15 is 0 Å². The number of hydrogen-bond donors (Lipinski definition) is 1. The zero-order valence-corrected chi connectivity index (χ0v) is 11.1. The minimum atomic E-state index is 0.237. The summed E-state index contributed by atoms with van der Waals surface area (Å²) in [6.07, 6.45) is 2.58. The van der Waals surface area contributed by atoms with E-state index in [4.69, 9.17) is 0 Å². The highest BCUT2D eigenvalue weighted by Gasteiger charge is 2.25. The minimum Gasteiger partial charge on any atom is -0.313 e. The Bertz CT molecular complexity index is 311. The van der Waals surface area contributed by atoms with Gasteiger partial charge in [-0.1, -0.05) is 27.7 Å². The third kappa shape index (κ3) is 3.30. The quantitative estimate of drug-likeness (QED) is 0.830. The Hall–Kier alpha value is -0.900. The zero-order valence-electron chi connectivity index (χ0n) is 11.1. The van der Waals surface area contributed by atoms with E-state index < -0.39 is 0 Å². The Morgan fingerprint density at radius 1 is 1.38 bits per heavy atom. The lowest BCUT2D eigenvalue weighted by Crippen LogP contribution is -2.42. The maximum atomic E-state index is 4.33. The van der Waals surface area contributed by atoms with Crippen LogP contribution in [0.2, 0.25) is 0 Å². The minimum absolute atomic E-state index is 0.237. The van der Waals surface area contributed by atoms with Crippen LogP contribution in [0.15, 0.2) is 6.33 Å². The maximum Gasteiger partial charge on any atom is 0.138 e. The van der Waals surface area contributed by atoms with Crippen molar-refractivity contribution in [3.63, 3.8) is 0 Å². The Morgan fingerprint density at radius 2 is 2.06 bits per heavy atom. The van der Waals surface area contributed by atoms with Crippen molar-refractivity contribution >= 4 is 0 Å². The van der Waals surface area contributed by atoms with Crippen molar-refractivity contribution in [2.24, 2.45) is 5.41 Å². The third-order valence-electron chi connectivity index (χ3n) is 2.88. The van der Waals surface area contributed by atoms with Crippen LogP contribution in [0.4, 0.5) is 0 Å². The van der Waals surface area contributed by atoms with Crippen LogP contribution < -0.4 is 5.32 Å². The van der Waals surface area contributed by atoms with E-state index in [2.05, 4.69) is 50.0 Å². The summed E-state index contributed by atoms with van der Waals surface area (Å²) in [5.41, 5.74) is 0.237. The molecule has 1 rings (SSSR count). The predicted molar refractivity (Wildman–Crippen MR) is 66.3 cm³/mol. The van der Waals surface area contributed by atoms with Gasteiger partial charge in [-0.25, -0.2) is 4.98 Å². The molecule has 16 heavy (non-hydrogen) atoms. The molecule has 0 amide bonds. The molecule has 4 heteroatoms. The van der Waals surface area contributed by atoms with Gasteiger partial charge in [-0.05, 0) is 18.9 Å². The lowest BCUT2D eigenvalue weighted by atomic mass is 9.84. The molecule has 0 aliphatic heterocycles. The van der Waals surface area contributed by atoms with Crippen molar-refractivity contribution in [2.75, 3.05) is 6.54 Å². The summed E-state index contributed by atoms with van der Waals surface area (Å²) in [7, 11) is 0. The van der Waals surface area contributed by atoms with Gasteiger partial charge in [0.2, 0.25) is 0 Å². The van der Waals surface area contributed by atoms with E-state index in [1.54, 1.807) is 6.33 Å². The molecular weight excluding hydrogens is 200 g/mol. The second-order valence-electron chi connectivity index (χ2n) is 5.17. The molecule has 0 saturated heterocycles. The Labute approximate surface area is 98.5 Å². The Morgan fingerprint density at radius 3 is 2.56 bits per heavy atom. The Kier molecular flexibility index (Phi) is 4.47. The molecule has 0 radical (unpaired) electrons. The molecular formula is C12H24N4. The van der Waals surface area contributed by atoms with E-state index in [0.29, 0.717) is 6.04 Å². The third-order valence-corrected chi connectivity index (χ3v) is 2.88. The van der Waals surface area contributed by atoms with E-state index in [9.17, 15) is 0 Å². The normalized spacial score (nSPS) is 14.1. The van der Waals surface area contributed by atoms with Crippen LogP contribution in [0.3, 0.4) is 0 Å². The van der Waals surface area contributed by atoms with E-state index in [-0.39, 0.29) is 5.41 Å². The summed E-state index contributed by atoms with van der Waals surface area (Å²) in [5.74, 6) is 1.07. The number of rotatable bonds is 5. The van der Waals surface area contributed by atoms with Crippen LogP contribution in [0.1, 0.15) is 40.4 Å². The molecule has 1 N–H and O–H groups in total. The predicted octanol–water partition coefficient (Wildman–Crippen LogP) is 1.86. The van der Waals surface area contributed by atoms with Gasteiger partial charge in [0.25, 0.3) is 0 Å². The molecule has 0 fully saturated rings. The fraction of sp³-hybridized carbons (Fsp3) is 0.833. The summed E-state index contributed by atoms with van der Waals surface area (Å²) in [5, 5.41) is 7.74. The van der Waals surface area contributed by atoms with Crippen molar-refractivity contribution in [3.8, 4) is 0 Å². The van der Waals surface area contributed by atoms with Crippen LogP contribution in [0.25, 0.3) is 0 Å². The summed E-state index contributed by atoms with van der Waals surface area (Å²) < 4.78 is 1.97. The Balaban J connectivity index is 2.75. The average Bonchev–Trinajstić information content (AvgIpc) is 2.63. The number of aryl methyl sites for hydroxylation is 1. The molecule has 0 aliphatic rings. The summed E-state index contributed by atoms with van der Waals surface area (Å²) in [6, 6.07) is 0.437. The molecule has 1 aromatic heterocycles. The maximum absolute atomic E-state index is 4.33. The molecule has 0 saturated carbocycles. The first-order chi connectivity index (χ1) is 7.49. The van der Waals surface area contributed by atoms with Gasteiger partial charge < -0.3 is 5.32 Å². The van der Waals surface area contributed by atoms with Gasteiger partial charge in [-0.2, -0.15) is 5.10 Å². The first-order valence-electron chi connectivity index (χ1n) is 6.09. The first kappa shape index (κ1) is 13.2.